The van der Waals surface area contributed by atoms with Crippen molar-refractivity contribution in [3.05, 3.63) is 47.5 Å². The first-order valence-electron chi connectivity index (χ1n) is 6.51. The number of aryl methyl sites for hydroxylation is 1. The average molecular weight is 225 g/mol. The van der Waals surface area contributed by atoms with Crippen LogP contribution in [0.2, 0.25) is 0 Å². The van der Waals surface area contributed by atoms with E-state index in [0.717, 1.165) is 0 Å². The van der Waals surface area contributed by atoms with Gasteiger partial charge in [0.2, 0.25) is 0 Å². The Morgan fingerprint density at radius 1 is 1.12 bits per heavy atom. The van der Waals surface area contributed by atoms with Crippen molar-refractivity contribution in [2.45, 2.75) is 32.2 Å². The minimum atomic E-state index is 0.217. The van der Waals surface area contributed by atoms with Gasteiger partial charge >= 0.3 is 0 Å². The Bertz CT molecular complexity index is 540. The summed E-state index contributed by atoms with van der Waals surface area (Å²) in [5.74, 6) is 0.694. The number of hydrogen-bond acceptors (Lipinski definition) is 1. The summed E-state index contributed by atoms with van der Waals surface area (Å²) < 4.78 is 0. The molecule has 88 valence electrons. The zero-order chi connectivity index (χ0) is 11.8. The van der Waals surface area contributed by atoms with E-state index in [2.05, 4.69) is 43.3 Å². The van der Waals surface area contributed by atoms with Crippen molar-refractivity contribution in [1.82, 2.24) is 0 Å². The quantitative estimate of drug-likeness (QED) is 0.823. The van der Waals surface area contributed by atoms with E-state index in [9.17, 15) is 0 Å². The molecule has 1 fully saturated rings. The SMILES string of the molecule is Cc1ccc2ccccc2c1C(N)C1CCC1. The van der Waals surface area contributed by atoms with Gasteiger partial charge in [0.25, 0.3) is 0 Å². The molecule has 0 radical (unpaired) electrons. The largest absolute Gasteiger partial charge is 0.324 e. The summed E-state index contributed by atoms with van der Waals surface area (Å²) in [6.07, 6.45) is 3.94. The summed E-state index contributed by atoms with van der Waals surface area (Å²) in [6, 6.07) is 13.2. The molecule has 0 aromatic heterocycles. The van der Waals surface area contributed by atoms with E-state index in [-0.39, 0.29) is 6.04 Å². The van der Waals surface area contributed by atoms with Gasteiger partial charge in [-0.2, -0.15) is 0 Å². The summed E-state index contributed by atoms with van der Waals surface area (Å²) in [4.78, 5) is 0. The van der Waals surface area contributed by atoms with Crippen LogP contribution in [-0.4, -0.2) is 0 Å². The summed E-state index contributed by atoms with van der Waals surface area (Å²) in [5, 5.41) is 2.65. The van der Waals surface area contributed by atoms with Gasteiger partial charge in [-0.25, -0.2) is 0 Å². The van der Waals surface area contributed by atoms with Crippen LogP contribution in [0.25, 0.3) is 10.8 Å². The Hall–Kier alpha value is -1.34. The zero-order valence-corrected chi connectivity index (χ0v) is 10.3. The molecule has 0 heterocycles. The number of benzene rings is 2. The molecule has 2 aromatic rings. The summed E-state index contributed by atoms with van der Waals surface area (Å²) in [5.41, 5.74) is 9.17. The van der Waals surface area contributed by atoms with Crippen LogP contribution < -0.4 is 5.73 Å². The maximum absolute atomic E-state index is 6.47. The lowest BCUT2D eigenvalue weighted by Gasteiger charge is -2.33. The minimum absolute atomic E-state index is 0.217. The number of nitrogens with two attached hydrogens (primary N) is 1. The van der Waals surface area contributed by atoms with E-state index >= 15 is 0 Å². The molecule has 0 amide bonds. The van der Waals surface area contributed by atoms with E-state index in [1.54, 1.807) is 0 Å². The topological polar surface area (TPSA) is 26.0 Å². The molecule has 2 N–H and O–H groups in total. The van der Waals surface area contributed by atoms with Crippen LogP contribution in [0.4, 0.5) is 0 Å². The van der Waals surface area contributed by atoms with E-state index in [1.807, 2.05) is 0 Å². The number of rotatable bonds is 2. The van der Waals surface area contributed by atoms with Crippen molar-refractivity contribution in [2.75, 3.05) is 0 Å². The molecule has 0 spiro atoms. The molecule has 1 atom stereocenters. The summed E-state index contributed by atoms with van der Waals surface area (Å²) in [7, 11) is 0. The molecule has 0 bridgehead atoms. The second-order valence-corrected chi connectivity index (χ2v) is 5.23. The van der Waals surface area contributed by atoms with Crippen molar-refractivity contribution in [3.63, 3.8) is 0 Å². The van der Waals surface area contributed by atoms with E-state index in [4.69, 9.17) is 5.73 Å². The van der Waals surface area contributed by atoms with E-state index in [1.165, 1.54) is 41.2 Å². The van der Waals surface area contributed by atoms with E-state index in [0.29, 0.717) is 5.92 Å². The van der Waals surface area contributed by atoms with Crippen LogP contribution >= 0.6 is 0 Å². The van der Waals surface area contributed by atoms with Gasteiger partial charge in [-0.05, 0) is 47.6 Å². The van der Waals surface area contributed by atoms with Gasteiger partial charge in [0.15, 0.2) is 0 Å². The predicted molar refractivity (Wildman–Crippen MR) is 73.0 cm³/mol. The molecule has 0 aliphatic heterocycles. The fourth-order valence-corrected chi connectivity index (χ4v) is 2.88. The average Bonchev–Trinajstić information content (AvgIpc) is 2.26. The van der Waals surface area contributed by atoms with Gasteiger partial charge in [-0.1, -0.05) is 42.8 Å². The second kappa shape index (κ2) is 4.15. The highest BCUT2D eigenvalue weighted by molar-refractivity contribution is 5.87. The van der Waals surface area contributed by atoms with E-state index < -0.39 is 0 Å². The molecular formula is C16H19N. The molecule has 0 saturated heterocycles. The highest BCUT2D eigenvalue weighted by Gasteiger charge is 2.27. The maximum Gasteiger partial charge on any atom is 0.0332 e. The van der Waals surface area contributed by atoms with Gasteiger partial charge < -0.3 is 5.73 Å². The first-order chi connectivity index (χ1) is 8.27. The predicted octanol–water partition coefficient (Wildman–Crippen LogP) is 3.95. The lowest BCUT2D eigenvalue weighted by Crippen LogP contribution is -2.27. The molecule has 2 aromatic carbocycles. The van der Waals surface area contributed by atoms with Gasteiger partial charge in [-0.3, -0.25) is 0 Å². The molecule has 1 saturated carbocycles. The monoisotopic (exact) mass is 225 g/mol. The highest BCUT2D eigenvalue weighted by Crippen LogP contribution is 2.39. The van der Waals surface area contributed by atoms with Crippen LogP contribution in [0.3, 0.4) is 0 Å². The third kappa shape index (κ3) is 1.75. The van der Waals surface area contributed by atoms with Crippen LogP contribution in [0.1, 0.15) is 36.4 Å². The molecule has 17 heavy (non-hydrogen) atoms. The Kier molecular flexibility index (Phi) is 2.64. The molecule has 1 unspecified atom stereocenters. The first-order valence-corrected chi connectivity index (χ1v) is 6.51. The summed E-state index contributed by atoms with van der Waals surface area (Å²) >= 11 is 0. The summed E-state index contributed by atoms with van der Waals surface area (Å²) in [6.45, 7) is 2.18. The van der Waals surface area contributed by atoms with Crippen molar-refractivity contribution < 1.29 is 0 Å². The minimum Gasteiger partial charge on any atom is -0.324 e. The van der Waals surface area contributed by atoms with Gasteiger partial charge in [0.1, 0.15) is 0 Å². The maximum atomic E-state index is 6.47. The third-order valence-corrected chi connectivity index (χ3v) is 4.18. The molecule has 1 heteroatoms. The fraction of sp³-hybridized carbons (Fsp3) is 0.375. The molecule has 1 aliphatic rings. The van der Waals surface area contributed by atoms with Crippen LogP contribution in [0, 0.1) is 12.8 Å². The van der Waals surface area contributed by atoms with Crippen LogP contribution in [0.5, 0.6) is 0 Å². The second-order valence-electron chi connectivity index (χ2n) is 5.23. The van der Waals surface area contributed by atoms with Crippen LogP contribution in [0.15, 0.2) is 36.4 Å². The number of fused-ring (bicyclic) bond motifs is 1. The van der Waals surface area contributed by atoms with Crippen LogP contribution in [-0.2, 0) is 0 Å². The Morgan fingerprint density at radius 3 is 2.59 bits per heavy atom. The van der Waals surface area contributed by atoms with Crippen molar-refractivity contribution >= 4 is 10.8 Å². The standard InChI is InChI=1S/C16H19N/c1-11-9-10-12-5-2-3-8-14(12)15(11)16(17)13-6-4-7-13/h2-3,5,8-10,13,16H,4,6-7,17H2,1H3. The van der Waals surface area contributed by atoms with Crippen molar-refractivity contribution in [2.24, 2.45) is 11.7 Å². The molecule has 3 rings (SSSR count). The van der Waals surface area contributed by atoms with Crippen molar-refractivity contribution in [1.29, 1.82) is 0 Å². The molecule has 1 aliphatic carbocycles. The Balaban J connectivity index is 2.15. The van der Waals surface area contributed by atoms with Crippen molar-refractivity contribution in [3.8, 4) is 0 Å². The Morgan fingerprint density at radius 2 is 1.88 bits per heavy atom. The zero-order valence-electron chi connectivity index (χ0n) is 10.3. The lowest BCUT2D eigenvalue weighted by molar-refractivity contribution is 0.265. The lowest BCUT2D eigenvalue weighted by atomic mass is 9.76. The Labute approximate surface area is 103 Å². The molecular weight excluding hydrogens is 206 g/mol. The first kappa shape index (κ1) is 10.8. The normalized spacial score (nSPS) is 18.0. The fourth-order valence-electron chi connectivity index (χ4n) is 2.88. The van der Waals surface area contributed by atoms with Gasteiger partial charge in [-0.15, -0.1) is 0 Å². The van der Waals surface area contributed by atoms with Gasteiger partial charge in [0, 0.05) is 6.04 Å². The highest BCUT2D eigenvalue weighted by atomic mass is 14.7. The third-order valence-electron chi connectivity index (χ3n) is 4.18. The molecule has 1 nitrogen and oxygen atoms in total. The smallest absolute Gasteiger partial charge is 0.0332 e. The number of hydrogen-bond donors (Lipinski definition) is 1. The van der Waals surface area contributed by atoms with Gasteiger partial charge in [0.05, 0.1) is 0 Å².